The van der Waals surface area contributed by atoms with Gasteiger partial charge in [-0.15, -0.1) is 0 Å². The fourth-order valence-electron chi connectivity index (χ4n) is 1.83. The molecule has 0 heterocycles. The fourth-order valence-corrected chi connectivity index (χ4v) is 2.21. The van der Waals surface area contributed by atoms with Gasteiger partial charge in [-0.25, -0.2) is 5.01 Å². The molecule has 0 unspecified atom stereocenters. The van der Waals surface area contributed by atoms with Gasteiger partial charge in [0.15, 0.2) is 5.11 Å². The lowest BCUT2D eigenvalue weighted by molar-refractivity contribution is 0.106. The molecular formula is C17H16ClN3O2S. The van der Waals surface area contributed by atoms with Gasteiger partial charge in [-0.1, -0.05) is 41.9 Å². The lowest BCUT2D eigenvalue weighted by Gasteiger charge is -2.19. The lowest BCUT2D eigenvalue weighted by Crippen LogP contribution is -2.33. The lowest BCUT2D eigenvalue weighted by atomic mass is 10.1. The number of nitrogens with one attached hydrogen (secondary N) is 1. The number of carbonyl (C=O) groups is 1. The molecule has 0 saturated carbocycles. The second-order valence-corrected chi connectivity index (χ2v) is 5.58. The van der Waals surface area contributed by atoms with Crippen molar-refractivity contribution >= 4 is 46.6 Å². The molecule has 7 heteroatoms. The van der Waals surface area contributed by atoms with E-state index in [1.54, 1.807) is 48.5 Å². The van der Waals surface area contributed by atoms with Gasteiger partial charge in [0.2, 0.25) is 5.78 Å². The van der Waals surface area contributed by atoms with Crippen LogP contribution in [-0.2, 0) is 0 Å². The highest BCUT2D eigenvalue weighted by molar-refractivity contribution is 7.80. The number of Topliss-reactive ketones (excluding diaryl/α,β-unsaturated/α-hetero) is 1. The zero-order valence-corrected chi connectivity index (χ0v) is 14.3. The van der Waals surface area contributed by atoms with Gasteiger partial charge in [0.25, 0.3) is 0 Å². The highest BCUT2D eigenvalue weighted by atomic mass is 35.5. The molecular weight excluding hydrogens is 346 g/mol. The Morgan fingerprint density at radius 1 is 1.21 bits per heavy atom. The molecule has 0 spiro atoms. The minimum atomic E-state index is -0.243. The van der Waals surface area contributed by atoms with Crippen LogP contribution < -0.4 is 5.32 Å². The quantitative estimate of drug-likeness (QED) is 0.358. The first kappa shape index (κ1) is 18.1. The summed E-state index contributed by atoms with van der Waals surface area (Å²) in [5.74, 6) is -0.243. The Labute approximate surface area is 150 Å². The predicted molar refractivity (Wildman–Crippen MR) is 101 cm³/mol. The Bertz CT molecular complexity index is 720. The van der Waals surface area contributed by atoms with E-state index in [2.05, 4.69) is 10.4 Å². The summed E-state index contributed by atoms with van der Waals surface area (Å²) < 4.78 is 0. The molecule has 0 aliphatic rings. The maximum atomic E-state index is 12.1. The summed E-state index contributed by atoms with van der Waals surface area (Å²) in [6, 6.07) is 15.8. The molecule has 2 aromatic carbocycles. The third-order valence-electron chi connectivity index (χ3n) is 3.01. The number of rotatable bonds is 6. The van der Waals surface area contributed by atoms with E-state index in [4.69, 9.17) is 28.9 Å². The third-order valence-corrected chi connectivity index (χ3v) is 3.58. The molecule has 124 valence electrons. The van der Waals surface area contributed by atoms with Crippen molar-refractivity contribution < 1.29 is 9.90 Å². The molecule has 0 bridgehead atoms. The van der Waals surface area contributed by atoms with Crippen molar-refractivity contribution in [3.05, 3.63) is 65.2 Å². The van der Waals surface area contributed by atoms with Gasteiger partial charge in [-0.05, 0) is 36.5 Å². The molecule has 2 N–H and O–H groups in total. The van der Waals surface area contributed by atoms with E-state index >= 15 is 0 Å². The average molecular weight is 362 g/mol. The smallest absolute Gasteiger partial charge is 0.205 e. The van der Waals surface area contributed by atoms with Gasteiger partial charge in [0, 0.05) is 16.3 Å². The second-order valence-electron chi connectivity index (χ2n) is 4.76. The van der Waals surface area contributed by atoms with Crippen LogP contribution in [0.5, 0.6) is 0 Å². The molecule has 0 saturated heterocycles. The van der Waals surface area contributed by atoms with Gasteiger partial charge in [0.05, 0.1) is 19.4 Å². The molecule has 0 aliphatic carbocycles. The van der Waals surface area contributed by atoms with Crippen molar-refractivity contribution in [2.45, 2.75) is 0 Å². The number of hydrazone groups is 1. The fraction of sp³-hybridized carbons (Fsp3) is 0.118. The number of aliphatic hydroxyl groups is 1. The number of nitrogens with zero attached hydrogens (tertiary/aromatic N) is 2. The van der Waals surface area contributed by atoms with Crippen LogP contribution in [0.1, 0.15) is 10.4 Å². The predicted octanol–water partition coefficient (Wildman–Crippen LogP) is 3.20. The number of hydrogen-bond acceptors (Lipinski definition) is 4. The van der Waals surface area contributed by atoms with Crippen molar-refractivity contribution in [1.29, 1.82) is 0 Å². The van der Waals surface area contributed by atoms with E-state index in [-0.39, 0.29) is 24.0 Å². The van der Waals surface area contributed by atoms with Gasteiger partial charge in [0.1, 0.15) is 0 Å². The highest BCUT2D eigenvalue weighted by Crippen LogP contribution is 2.14. The number of aliphatic hydroxyl groups excluding tert-OH is 1. The molecule has 0 aromatic heterocycles. The van der Waals surface area contributed by atoms with E-state index < -0.39 is 0 Å². The number of benzene rings is 2. The van der Waals surface area contributed by atoms with Gasteiger partial charge >= 0.3 is 0 Å². The summed E-state index contributed by atoms with van der Waals surface area (Å²) in [4.78, 5) is 12.1. The minimum Gasteiger partial charge on any atom is -0.394 e. The Balaban J connectivity index is 2.04. The molecule has 0 radical (unpaired) electrons. The third kappa shape index (κ3) is 5.42. The minimum absolute atomic E-state index is 0.153. The molecule has 0 atom stereocenters. The molecule has 5 nitrogen and oxygen atoms in total. The molecule has 24 heavy (non-hydrogen) atoms. The topological polar surface area (TPSA) is 64.9 Å². The zero-order valence-electron chi connectivity index (χ0n) is 12.7. The monoisotopic (exact) mass is 361 g/mol. The van der Waals surface area contributed by atoms with E-state index in [0.717, 1.165) is 5.69 Å². The Morgan fingerprint density at radius 2 is 1.88 bits per heavy atom. The van der Waals surface area contributed by atoms with E-state index in [1.807, 2.05) is 6.07 Å². The van der Waals surface area contributed by atoms with Crippen LogP contribution in [0.25, 0.3) is 0 Å². The number of thiocarbonyl (C=S) groups is 1. The zero-order chi connectivity index (χ0) is 17.4. The van der Waals surface area contributed by atoms with Crippen LogP contribution >= 0.6 is 23.8 Å². The van der Waals surface area contributed by atoms with Gasteiger partial charge in [-0.2, -0.15) is 5.10 Å². The number of carbonyl (C=O) groups excluding carboxylic acids is 1. The van der Waals surface area contributed by atoms with Crippen LogP contribution in [0.2, 0.25) is 5.02 Å². The maximum Gasteiger partial charge on any atom is 0.205 e. The van der Waals surface area contributed by atoms with E-state index in [1.165, 1.54) is 11.2 Å². The second kappa shape index (κ2) is 9.12. The average Bonchev–Trinajstić information content (AvgIpc) is 2.61. The molecule has 0 aliphatic heterocycles. The Kier molecular flexibility index (Phi) is 6.87. The maximum absolute atomic E-state index is 12.1. The van der Waals surface area contributed by atoms with E-state index in [0.29, 0.717) is 10.6 Å². The normalized spacial score (nSPS) is 10.6. The van der Waals surface area contributed by atoms with Crippen molar-refractivity contribution in [3.63, 3.8) is 0 Å². The number of ketones is 1. The van der Waals surface area contributed by atoms with Crippen LogP contribution in [0.4, 0.5) is 5.69 Å². The summed E-state index contributed by atoms with van der Waals surface area (Å²) in [6.45, 7) is 0.0112. The standard InChI is InChI=1S/C17H16ClN3O2S/c18-14-6-8-15(9-7-14)20-17(24)21(10-11-22)19-12-16(23)13-4-2-1-3-5-13/h1-9,12,22H,10-11H2,(H,20,24)/b19-12+. The van der Waals surface area contributed by atoms with Crippen molar-refractivity contribution in [2.75, 3.05) is 18.5 Å². The molecule has 0 fully saturated rings. The summed E-state index contributed by atoms with van der Waals surface area (Å²) >= 11 is 11.1. The first-order valence-electron chi connectivity index (χ1n) is 7.18. The summed E-state index contributed by atoms with van der Waals surface area (Å²) in [7, 11) is 0. The van der Waals surface area contributed by atoms with Crippen molar-refractivity contribution in [2.24, 2.45) is 5.10 Å². The van der Waals surface area contributed by atoms with Crippen molar-refractivity contribution in [1.82, 2.24) is 5.01 Å². The summed E-state index contributed by atoms with van der Waals surface area (Å²) in [5.41, 5.74) is 1.26. The molecule has 0 amide bonds. The van der Waals surface area contributed by atoms with Crippen LogP contribution in [-0.4, -0.2) is 40.4 Å². The SMILES string of the molecule is O=C(/C=N/N(CCO)C(=S)Nc1ccc(Cl)cc1)c1ccccc1. The number of anilines is 1. The largest absolute Gasteiger partial charge is 0.394 e. The first-order valence-corrected chi connectivity index (χ1v) is 7.97. The van der Waals surface area contributed by atoms with Gasteiger partial charge in [-0.3, -0.25) is 4.79 Å². The number of halogens is 1. The molecule has 2 aromatic rings. The Hall–Kier alpha value is -2.28. The Morgan fingerprint density at radius 3 is 2.50 bits per heavy atom. The number of hydrogen-bond donors (Lipinski definition) is 2. The highest BCUT2D eigenvalue weighted by Gasteiger charge is 2.09. The van der Waals surface area contributed by atoms with Crippen molar-refractivity contribution in [3.8, 4) is 0 Å². The van der Waals surface area contributed by atoms with E-state index in [9.17, 15) is 4.79 Å². The summed E-state index contributed by atoms with van der Waals surface area (Å²) in [6.07, 6.45) is 1.18. The first-order chi connectivity index (χ1) is 11.6. The molecule has 2 rings (SSSR count). The van der Waals surface area contributed by atoms with Crippen LogP contribution in [0.15, 0.2) is 59.7 Å². The van der Waals surface area contributed by atoms with Crippen LogP contribution in [0, 0.1) is 0 Å². The summed E-state index contributed by atoms with van der Waals surface area (Å²) in [5, 5.41) is 18.5. The van der Waals surface area contributed by atoms with Gasteiger partial charge < -0.3 is 10.4 Å². The van der Waals surface area contributed by atoms with Crippen LogP contribution in [0.3, 0.4) is 0 Å².